The van der Waals surface area contributed by atoms with Crippen LogP contribution >= 0.6 is 22.9 Å². The maximum atomic E-state index is 12.3. The van der Waals surface area contributed by atoms with Crippen LogP contribution in [0, 0.1) is 18.3 Å². The SMILES string of the molecule is Cc1sc(NC(=O)c2cccc(C#N)c2)nc1-c1ccc(Cl)cc1. The number of hydrogen-bond donors (Lipinski definition) is 1. The first kappa shape index (κ1) is 16.2. The number of carbonyl (C=O) groups excluding carboxylic acids is 1. The van der Waals surface area contributed by atoms with Gasteiger partial charge in [0.05, 0.1) is 17.3 Å². The molecule has 24 heavy (non-hydrogen) atoms. The Balaban J connectivity index is 1.83. The Bertz CT molecular complexity index is 942. The highest BCUT2D eigenvalue weighted by Gasteiger charge is 2.13. The van der Waals surface area contributed by atoms with E-state index >= 15 is 0 Å². The molecule has 0 spiro atoms. The Labute approximate surface area is 148 Å². The molecule has 1 amide bonds. The molecule has 4 nitrogen and oxygen atoms in total. The Hall–Kier alpha value is -2.68. The number of rotatable bonds is 3. The van der Waals surface area contributed by atoms with Gasteiger partial charge in [0.15, 0.2) is 5.13 Å². The lowest BCUT2D eigenvalue weighted by molar-refractivity contribution is 0.102. The molecule has 0 unspecified atom stereocenters. The average Bonchev–Trinajstić information content (AvgIpc) is 2.96. The summed E-state index contributed by atoms with van der Waals surface area (Å²) in [5, 5.41) is 12.9. The summed E-state index contributed by atoms with van der Waals surface area (Å²) in [7, 11) is 0. The predicted molar refractivity (Wildman–Crippen MR) is 96.4 cm³/mol. The summed E-state index contributed by atoms with van der Waals surface area (Å²) in [6, 6.07) is 16.0. The van der Waals surface area contributed by atoms with E-state index in [1.54, 1.807) is 36.4 Å². The van der Waals surface area contributed by atoms with Gasteiger partial charge in [-0.1, -0.05) is 29.8 Å². The third-order valence-electron chi connectivity index (χ3n) is 3.39. The molecule has 1 aromatic heterocycles. The van der Waals surface area contributed by atoms with Crippen molar-refractivity contribution in [1.82, 2.24) is 4.98 Å². The van der Waals surface area contributed by atoms with E-state index < -0.39 is 0 Å². The van der Waals surface area contributed by atoms with E-state index in [2.05, 4.69) is 10.3 Å². The van der Waals surface area contributed by atoms with E-state index in [-0.39, 0.29) is 5.91 Å². The van der Waals surface area contributed by atoms with Gasteiger partial charge in [-0.25, -0.2) is 4.98 Å². The van der Waals surface area contributed by atoms with Gasteiger partial charge in [0.25, 0.3) is 5.91 Å². The number of amides is 1. The van der Waals surface area contributed by atoms with Gasteiger partial charge in [0.1, 0.15) is 0 Å². The molecule has 2 aromatic carbocycles. The normalized spacial score (nSPS) is 10.2. The van der Waals surface area contributed by atoms with Gasteiger partial charge in [-0.3, -0.25) is 10.1 Å². The van der Waals surface area contributed by atoms with Crippen LogP contribution in [-0.2, 0) is 0 Å². The number of benzene rings is 2. The fourth-order valence-electron chi connectivity index (χ4n) is 2.22. The van der Waals surface area contributed by atoms with Gasteiger partial charge in [0, 0.05) is 21.0 Å². The van der Waals surface area contributed by atoms with Crippen LogP contribution in [0.2, 0.25) is 5.02 Å². The van der Waals surface area contributed by atoms with Gasteiger partial charge in [-0.2, -0.15) is 5.26 Å². The van der Waals surface area contributed by atoms with Crippen LogP contribution in [0.25, 0.3) is 11.3 Å². The summed E-state index contributed by atoms with van der Waals surface area (Å²) < 4.78 is 0. The number of nitriles is 1. The van der Waals surface area contributed by atoms with Gasteiger partial charge in [-0.15, -0.1) is 11.3 Å². The quantitative estimate of drug-likeness (QED) is 0.728. The van der Waals surface area contributed by atoms with Crippen LogP contribution in [-0.4, -0.2) is 10.9 Å². The lowest BCUT2D eigenvalue weighted by Gasteiger charge is -2.02. The first-order valence-corrected chi connectivity index (χ1v) is 8.31. The van der Waals surface area contributed by atoms with E-state index in [1.165, 1.54) is 11.3 Å². The molecule has 118 valence electrons. The van der Waals surface area contributed by atoms with Gasteiger partial charge >= 0.3 is 0 Å². The number of hydrogen-bond acceptors (Lipinski definition) is 4. The fraction of sp³-hybridized carbons (Fsp3) is 0.0556. The molecule has 0 bridgehead atoms. The maximum Gasteiger partial charge on any atom is 0.257 e. The van der Waals surface area contributed by atoms with Crippen LogP contribution in [0.15, 0.2) is 48.5 Å². The average molecular weight is 354 g/mol. The van der Waals surface area contributed by atoms with Crippen LogP contribution in [0.4, 0.5) is 5.13 Å². The number of aromatic nitrogens is 1. The molecule has 0 saturated heterocycles. The number of nitrogens with zero attached hydrogens (tertiary/aromatic N) is 2. The molecular weight excluding hydrogens is 342 g/mol. The molecule has 0 aliphatic carbocycles. The largest absolute Gasteiger partial charge is 0.298 e. The van der Waals surface area contributed by atoms with Crippen molar-refractivity contribution in [2.75, 3.05) is 5.32 Å². The van der Waals surface area contributed by atoms with Gasteiger partial charge < -0.3 is 0 Å². The van der Waals surface area contributed by atoms with Crippen molar-refractivity contribution in [3.63, 3.8) is 0 Å². The zero-order chi connectivity index (χ0) is 17.1. The number of halogens is 1. The highest BCUT2D eigenvalue weighted by atomic mass is 35.5. The summed E-state index contributed by atoms with van der Waals surface area (Å²) in [5.74, 6) is -0.288. The Morgan fingerprint density at radius 3 is 2.71 bits per heavy atom. The second kappa shape index (κ2) is 6.83. The van der Waals surface area contributed by atoms with Crippen LogP contribution in [0.5, 0.6) is 0 Å². The van der Waals surface area contributed by atoms with Crippen molar-refractivity contribution < 1.29 is 4.79 Å². The molecule has 0 atom stereocenters. The monoisotopic (exact) mass is 353 g/mol. The minimum Gasteiger partial charge on any atom is -0.298 e. The number of carbonyl (C=O) groups is 1. The first-order valence-electron chi connectivity index (χ1n) is 7.11. The number of nitrogens with one attached hydrogen (secondary N) is 1. The lowest BCUT2D eigenvalue weighted by Crippen LogP contribution is -2.11. The topological polar surface area (TPSA) is 65.8 Å². The number of thiazole rings is 1. The fourth-order valence-corrected chi connectivity index (χ4v) is 3.18. The van der Waals surface area contributed by atoms with Crippen LogP contribution < -0.4 is 5.32 Å². The maximum absolute atomic E-state index is 12.3. The van der Waals surface area contributed by atoms with E-state index in [1.807, 2.05) is 25.1 Å². The standard InChI is InChI=1S/C18H12ClN3OS/c1-11-16(13-5-7-15(19)8-6-13)21-18(24-11)22-17(23)14-4-2-3-12(9-14)10-20/h2-9H,1H3,(H,21,22,23). The molecule has 0 aliphatic heterocycles. The molecule has 0 saturated carbocycles. The summed E-state index contributed by atoms with van der Waals surface area (Å²) >= 11 is 7.31. The molecule has 0 radical (unpaired) electrons. The highest BCUT2D eigenvalue weighted by molar-refractivity contribution is 7.16. The zero-order valence-corrected chi connectivity index (χ0v) is 14.3. The third-order valence-corrected chi connectivity index (χ3v) is 4.53. The minimum atomic E-state index is -0.288. The molecule has 1 N–H and O–H groups in total. The van der Waals surface area contributed by atoms with Crippen molar-refractivity contribution >= 4 is 34.0 Å². The molecule has 0 aliphatic rings. The Kier molecular flexibility index (Phi) is 4.61. The third kappa shape index (κ3) is 3.46. The number of anilines is 1. The molecule has 6 heteroatoms. The smallest absolute Gasteiger partial charge is 0.257 e. The summed E-state index contributed by atoms with van der Waals surface area (Å²) in [6.07, 6.45) is 0. The Morgan fingerprint density at radius 2 is 2.00 bits per heavy atom. The van der Waals surface area contributed by atoms with Crippen molar-refractivity contribution in [3.05, 3.63) is 69.6 Å². The first-order chi connectivity index (χ1) is 11.6. The van der Waals surface area contributed by atoms with E-state index in [4.69, 9.17) is 16.9 Å². The van der Waals surface area contributed by atoms with E-state index in [0.29, 0.717) is 21.3 Å². The Morgan fingerprint density at radius 1 is 1.25 bits per heavy atom. The van der Waals surface area contributed by atoms with Gasteiger partial charge in [0.2, 0.25) is 0 Å². The summed E-state index contributed by atoms with van der Waals surface area (Å²) in [6.45, 7) is 1.95. The summed E-state index contributed by atoms with van der Waals surface area (Å²) in [5.41, 5.74) is 2.63. The van der Waals surface area contributed by atoms with E-state index in [9.17, 15) is 4.79 Å². The molecule has 1 heterocycles. The minimum absolute atomic E-state index is 0.288. The number of aryl methyl sites for hydroxylation is 1. The second-order valence-corrected chi connectivity index (χ2v) is 6.72. The highest BCUT2D eigenvalue weighted by Crippen LogP contribution is 2.31. The van der Waals surface area contributed by atoms with Crippen molar-refractivity contribution in [2.45, 2.75) is 6.92 Å². The molecule has 3 aromatic rings. The van der Waals surface area contributed by atoms with Crippen LogP contribution in [0.3, 0.4) is 0 Å². The predicted octanol–water partition coefficient (Wildman–Crippen LogP) is 4.90. The molecule has 3 rings (SSSR count). The van der Waals surface area contributed by atoms with Crippen molar-refractivity contribution in [2.24, 2.45) is 0 Å². The van der Waals surface area contributed by atoms with Crippen molar-refractivity contribution in [1.29, 1.82) is 5.26 Å². The molecular formula is C18H12ClN3OS. The van der Waals surface area contributed by atoms with Crippen molar-refractivity contribution in [3.8, 4) is 17.3 Å². The lowest BCUT2D eigenvalue weighted by atomic mass is 10.1. The molecule has 0 fully saturated rings. The van der Waals surface area contributed by atoms with Gasteiger partial charge in [-0.05, 0) is 37.3 Å². The second-order valence-electron chi connectivity index (χ2n) is 5.08. The van der Waals surface area contributed by atoms with Crippen LogP contribution in [0.1, 0.15) is 20.8 Å². The van der Waals surface area contributed by atoms with E-state index in [0.717, 1.165) is 16.1 Å². The zero-order valence-electron chi connectivity index (χ0n) is 12.7. The summed E-state index contributed by atoms with van der Waals surface area (Å²) in [4.78, 5) is 17.8.